The van der Waals surface area contributed by atoms with Gasteiger partial charge in [0.1, 0.15) is 0 Å². The lowest BCUT2D eigenvalue weighted by Gasteiger charge is -2.01. The van der Waals surface area contributed by atoms with Crippen LogP contribution in [0, 0.1) is 7.43 Å². The summed E-state index contributed by atoms with van der Waals surface area (Å²) in [5, 5.41) is 0. The zero-order valence-corrected chi connectivity index (χ0v) is 8.57. The molecule has 0 spiro atoms. The molecule has 0 amide bonds. The highest BCUT2D eigenvalue weighted by molar-refractivity contribution is 4.38. The van der Waals surface area contributed by atoms with E-state index < -0.39 is 0 Å². The van der Waals surface area contributed by atoms with Crippen molar-refractivity contribution >= 4 is 0 Å². The van der Waals surface area contributed by atoms with E-state index in [1.54, 1.807) is 0 Å². The zero-order valence-electron chi connectivity index (χ0n) is 8.57. The third-order valence-electron chi connectivity index (χ3n) is 1.78. The van der Waals surface area contributed by atoms with Crippen LogP contribution in [0.5, 0.6) is 0 Å². The fourth-order valence-corrected chi connectivity index (χ4v) is 1.01. The Kier molecular flexibility index (Phi) is 16.3. The number of ether oxygens (including phenoxy) is 1. The summed E-state index contributed by atoms with van der Waals surface area (Å²) >= 11 is 0. The lowest BCUT2D eigenvalue weighted by Crippen LogP contribution is -1.96. The zero-order chi connectivity index (χ0) is 8.36. The van der Waals surface area contributed by atoms with Crippen LogP contribution < -0.4 is 0 Å². The highest BCUT2D eigenvalue weighted by Crippen LogP contribution is 1.97. The maximum atomic E-state index is 5.44. The third-order valence-corrected chi connectivity index (χ3v) is 1.78. The van der Waals surface area contributed by atoms with Gasteiger partial charge >= 0.3 is 0 Å². The fourth-order valence-electron chi connectivity index (χ4n) is 1.01. The summed E-state index contributed by atoms with van der Waals surface area (Å²) in [6.45, 7) is 6.38. The summed E-state index contributed by atoms with van der Waals surface area (Å²) in [7, 11) is 0. The summed E-state index contributed by atoms with van der Waals surface area (Å²) in [6, 6.07) is 0. The minimum absolute atomic E-state index is 0. The molecular formula is C11H22O. The molecule has 0 aliphatic rings. The van der Waals surface area contributed by atoms with Crippen molar-refractivity contribution in [3.8, 4) is 0 Å². The number of hydrogen-bond acceptors (Lipinski definition) is 1. The van der Waals surface area contributed by atoms with Crippen LogP contribution in [0.15, 0.2) is 0 Å². The Morgan fingerprint density at radius 1 is 0.750 bits per heavy atom. The highest BCUT2D eigenvalue weighted by Gasteiger charge is 1.88. The second-order valence-corrected chi connectivity index (χ2v) is 3.03. The van der Waals surface area contributed by atoms with Crippen LogP contribution in [0.3, 0.4) is 0 Å². The summed E-state index contributed by atoms with van der Waals surface area (Å²) < 4.78 is 5.44. The van der Waals surface area contributed by atoms with Gasteiger partial charge in [-0.3, -0.25) is 0 Å². The number of hydrogen-bond donors (Lipinski definition) is 0. The Balaban J connectivity index is 0. The average Bonchev–Trinajstić information content (AvgIpc) is 2.03. The van der Waals surface area contributed by atoms with Gasteiger partial charge in [-0.2, -0.15) is 0 Å². The van der Waals surface area contributed by atoms with E-state index in [0.29, 0.717) is 0 Å². The van der Waals surface area contributed by atoms with Gasteiger partial charge in [-0.1, -0.05) is 39.5 Å². The molecule has 12 heavy (non-hydrogen) atoms. The number of unbranched alkanes of at least 4 members (excludes halogenated alkanes) is 4. The van der Waals surface area contributed by atoms with Gasteiger partial charge in [0.25, 0.3) is 0 Å². The van der Waals surface area contributed by atoms with Gasteiger partial charge in [0, 0.05) is 20.6 Å². The normalized spacial score (nSPS) is 9.50. The van der Waals surface area contributed by atoms with Crippen LogP contribution in [0.2, 0.25) is 0 Å². The predicted molar refractivity (Wildman–Crippen MR) is 53.1 cm³/mol. The van der Waals surface area contributed by atoms with Gasteiger partial charge < -0.3 is 4.74 Å². The van der Waals surface area contributed by atoms with Crippen LogP contribution in [-0.4, -0.2) is 13.2 Å². The monoisotopic (exact) mass is 170 g/mol. The van der Waals surface area contributed by atoms with Crippen LogP contribution in [0.4, 0.5) is 0 Å². The molecule has 0 unspecified atom stereocenters. The highest BCUT2D eigenvalue weighted by atomic mass is 16.5. The van der Waals surface area contributed by atoms with Crippen molar-refractivity contribution in [2.24, 2.45) is 0 Å². The van der Waals surface area contributed by atoms with Crippen LogP contribution in [-0.2, 0) is 4.74 Å². The summed E-state index contributed by atoms with van der Waals surface area (Å²) in [5.41, 5.74) is 0. The smallest absolute Gasteiger partial charge is 0.0466 e. The van der Waals surface area contributed by atoms with Crippen molar-refractivity contribution in [2.45, 2.75) is 52.4 Å². The lowest BCUT2D eigenvalue weighted by molar-refractivity contribution is 0.126. The van der Waals surface area contributed by atoms with Gasteiger partial charge in [0.05, 0.1) is 0 Å². The van der Waals surface area contributed by atoms with Gasteiger partial charge in [-0.05, 0) is 12.8 Å². The molecule has 0 aliphatic heterocycles. The molecule has 0 atom stereocenters. The Labute approximate surface area is 78.5 Å². The number of rotatable bonds is 8. The summed E-state index contributed by atoms with van der Waals surface area (Å²) in [6.07, 6.45) is 7.68. The van der Waals surface area contributed by atoms with Crippen molar-refractivity contribution in [2.75, 3.05) is 13.2 Å². The molecule has 0 saturated heterocycles. The van der Waals surface area contributed by atoms with E-state index in [2.05, 4.69) is 13.8 Å². The van der Waals surface area contributed by atoms with E-state index in [0.717, 1.165) is 13.2 Å². The van der Waals surface area contributed by atoms with Gasteiger partial charge in [-0.25, -0.2) is 0 Å². The van der Waals surface area contributed by atoms with E-state index in [1.807, 2.05) is 0 Å². The molecule has 1 nitrogen and oxygen atoms in total. The minimum atomic E-state index is 0. The van der Waals surface area contributed by atoms with Crippen molar-refractivity contribution in [1.82, 2.24) is 0 Å². The Bertz CT molecular complexity index is 54.0. The molecule has 4 radical (unpaired) electrons. The molecule has 0 saturated carbocycles. The fraction of sp³-hybridized carbons (Fsp3) is 0.909. The van der Waals surface area contributed by atoms with Gasteiger partial charge in [0.2, 0.25) is 0 Å². The van der Waals surface area contributed by atoms with Crippen LogP contribution in [0.25, 0.3) is 0 Å². The Morgan fingerprint density at radius 2 is 1.17 bits per heavy atom. The summed E-state index contributed by atoms with van der Waals surface area (Å²) in [4.78, 5) is 0. The second-order valence-electron chi connectivity index (χ2n) is 3.03. The maximum Gasteiger partial charge on any atom is 0.0466 e. The molecule has 0 aliphatic carbocycles. The molecule has 0 rings (SSSR count). The first-order valence-corrected chi connectivity index (χ1v) is 4.99. The van der Waals surface area contributed by atoms with Gasteiger partial charge in [0.15, 0.2) is 0 Å². The summed E-state index contributed by atoms with van der Waals surface area (Å²) in [5.74, 6) is 0. The van der Waals surface area contributed by atoms with E-state index >= 15 is 0 Å². The maximum absolute atomic E-state index is 5.44. The molecular weight excluding hydrogens is 148 g/mol. The molecule has 0 fully saturated rings. The Hall–Kier alpha value is -0.0400. The Morgan fingerprint density at radius 3 is 1.50 bits per heavy atom. The largest absolute Gasteiger partial charge is 0.381 e. The molecule has 72 valence electrons. The van der Waals surface area contributed by atoms with Crippen LogP contribution >= 0.6 is 0 Å². The first kappa shape index (κ1) is 14.5. The van der Waals surface area contributed by atoms with E-state index in [1.165, 1.54) is 38.5 Å². The third kappa shape index (κ3) is 12.6. The first-order chi connectivity index (χ1) is 5.41. The first-order valence-electron chi connectivity index (χ1n) is 4.99. The van der Waals surface area contributed by atoms with E-state index in [9.17, 15) is 0 Å². The molecule has 0 aromatic carbocycles. The SMILES string of the molecule is CCCCCOCCCCC.[C]. The van der Waals surface area contributed by atoms with Crippen LogP contribution in [0.1, 0.15) is 52.4 Å². The van der Waals surface area contributed by atoms with Crippen molar-refractivity contribution in [3.63, 3.8) is 0 Å². The molecule has 0 heterocycles. The lowest BCUT2D eigenvalue weighted by atomic mass is 10.2. The predicted octanol–water partition coefficient (Wildman–Crippen LogP) is 3.46. The van der Waals surface area contributed by atoms with Crippen molar-refractivity contribution in [1.29, 1.82) is 0 Å². The average molecular weight is 170 g/mol. The molecule has 0 bridgehead atoms. The topological polar surface area (TPSA) is 9.23 Å². The van der Waals surface area contributed by atoms with Gasteiger partial charge in [-0.15, -0.1) is 0 Å². The standard InChI is InChI=1S/C10H22O.C/c1-3-5-7-9-11-10-8-6-4-2;/h3-10H2,1-2H3;. The minimum Gasteiger partial charge on any atom is -0.381 e. The molecule has 0 aromatic heterocycles. The van der Waals surface area contributed by atoms with E-state index in [4.69, 9.17) is 4.74 Å². The second kappa shape index (κ2) is 13.5. The molecule has 0 N–H and O–H groups in total. The quantitative estimate of drug-likeness (QED) is 0.507. The van der Waals surface area contributed by atoms with Crippen molar-refractivity contribution in [3.05, 3.63) is 7.43 Å². The molecule has 1 heteroatoms. The van der Waals surface area contributed by atoms with E-state index in [-0.39, 0.29) is 7.43 Å². The molecule has 0 aromatic rings. The van der Waals surface area contributed by atoms with Crippen molar-refractivity contribution < 1.29 is 4.74 Å².